The Balaban J connectivity index is 1.83. The van der Waals surface area contributed by atoms with Gasteiger partial charge in [0.15, 0.2) is 0 Å². The summed E-state index contributed by atoms with van der Waals surface area (Å²) in [5.74, 6) is 0. The van der Waals surface area contributed by atoms with E-state index in [0.717, 1.165) is 38.2 Å². The maximum absolute atomic E-state index is 9.41. The van der Waals surface area contributed by atoms with Gasteiger partial charge in [0.1, 0.15) is 0 Å². The summed E-state index contributed by atoms with van der Waals surface area (Å²) < 4.78 is 5.29. The Morgan fingerprint density at radius 3 is 2.72 bits per heavy atom. The minimum Gasteiger partial charge on any atom is -0.380 e. The molecular formula is C15H20N2O. The predicted octanol–water partition coefficient (Wildman–Crippen LogP) is 2.24. The van der Waals surface area contributed by atoms with Crippen molar-refractivity contribution >= 4 is 0 Å². The monoisotopic (exact) mass is 244 g/mol. The lowest BCUT2D eigenvalue weighted by atomic mass is 9.62. The van der Waals surface area contributed by atoms with Crippen molar-refractivity contribution in [3.8, 4) is 6.07 Å². The van der Waals surface area contributed by atoms with Crippen molar-refractivity contribution in [2.45, 2.75) is 31.2 Å². The average Bonchev–Trinajstić information content (AvgIpc) is 2.38. The van der Waals surface area contributed by atoms with Crippen molar-refractivity contribution in [1.29, 1.82) is 5.26 Å². The lowest BCUT2D eigenvalue weighted by molar-refractivity contribution is 0.135. The molecule has 1 saturated carbocycles. The fraction of sp³-hybridized carbons (Fsp3) is 0.533. The Hall–Kier alpha value is -1.37. The van der Waals surface area contributed by atoms with Crippen LogP contribution in [0.4, 0.5) is 0 Å². The summed E-state index contributed by atoms with van der Waals surface area (Å²) in [7, 11) is 0. The van der Waals surface area contributed by atoms with E-state index in [1.807, 2.05) is 25.1 Å². The van der Waals surface area contributed by atoms with Gasteiger partial charge in [-0.05, 0) is 25.3 Å². The van der Waals surface area contributed by atoms with Gasteiger partial charge in [-0.1, -0.05) is 30.3 Å². The third kappa shape index (κ3) is 2.72. The number of rotatable bonds is 6. The largest absolute Gasteiger partial charge is 0.380 e. The molecule has 0 heterocycles. The first-order valence-electron chi connectivity index (χ1n) is 6.58. The van der Waals surface area contributed by atoms with Crippen LogP contribution < -0.4 is 5.32 Å². The molecule has 0 spiro atoms. The molecule has 0 aromatic heterocycles. The summed E-state index contributed by atoms with van der Waals surface area (Å²) in [6.07, 6.45) is 1.80. The van der Waals surface area contributed by atoms with E-state index < -0.39 is 0 Å². The Morgan fingerprint density at radius 2 is 2.11 bits per heavy atom. The van der Waals surface area contributed by atoms with E-state index in [9.17, 15) is 5.26 Å². The van der Waals surface area contributed by atoms with Crippen LogP contribution in [-0.4, -0.2) is 25.8 Å². The highest BCUT2D eigenvalue weighted by Gasteiger charge is 2.45. The second-order valence-electron chi connectivity index (χ2n) is 4.82. The zero-order valence-electron chi connectivity index (χ0n) is 10.9. The van der Waals surface area contributed by atoms with E-state index in [0.29, 0.717) is 6.04 Å². The molecule has 1 aromatic carbocycles. The maximum Gasteiger partial charge on any atom is 0.0852 e. The highest BCUT2D eigenvalue weighted by molar-refractivity contribution is 5.36. The number of hydrogen-bond donors (Lipinski definition) is 1. The second-order valence-corrected chi connectivity index (χ2v) is 4.82. The fourth-order valence-corrected chi connectivity index (χ4v) is 2.55. The third-order valence-electron chi connectivity index (χ3n) is 3.61. The van der Waals surface area contributed by atoms with Crippen LogP contribution in [0.1, 0.15) is 25.3 Å². The molecule has 0 saturated heterocycles. The van der Waals surface area contributed by atoms with Gasteiger partial charge in [-0.25, -0.2) is 0 Å². The highest BCUT2D eigenvalue weighted by atomic mass is 16.5. The predicted molar refractivity (Wildman–Crippen MR) is 71.3 cm³/mol. The molecule has 0 amide bonds. The van der Waals surface area contributed by atoms with E-state index >= 15 is 0 Å². The fourth-order valence-electron chi connectivity index (χ4n) is 2.55. The molecule has 0 unspecified atom stereocenters. The number of ether oxygens (including phenoxy) is 1. The van der Waals surface area contributed by atoms with Crippen LogP contribution >= 0.6 is 0 Å². The molecule has 96 valence electrons. The number of hydrogen-bond acceptors (Lipinski definition) is 3. The van der Waals surface area contributed by atoms with Gasteiger partial charge in [0.05, 0.1) is 18.1 Å². The molecule has 3 heteroatoms. The lowest BCUT2D eigenvalue weighted by Gasteiger charge is -2.43. The Labute approximate surface area is 109 Å². The van der Waals surface area contributed by atoms with Crippen LogP contribution in [-0.2, 0) is 10.2 Å². The Bertz CT molecular complexity index is 404. The zero-order chi connectivity index (χ0) is 12.8. The van der Waals surface area contributed by atoms with Crippen LogP contribution in [0.5, 0.6) is 0 Å². The summed E-state index contributed by atoms with van der Waals surface area (Å²) in [5.41, 5.74) is 0.875. The van der Waals surface area contributed by atoms with Gasteiger partial charge in [-0.3, -0.25) is 0 Å². The van der Waals surface area contributed by atoms with E-state index in [4.69, 9.17) is 4.74 Å². The lowest BCUT2D eigenvalue weighted by Crippen LogP contribution is -2.51. The van der Waals surface area contributed by atoms with Gasteiger partial charge >= 0.3 is 0 Å². The van der Waals surface area contributed by atoms with Gasteiger partial charge in [-0.2, -0.15) is 5.26 Å². The zero-order valence-corrected chi connectivity index (χ0v) is 10.9. The Kier molecular flexibility index (Phi) is 4.35. The first-order chi connectivity index (χ1) is 8.80. The number of nitrogens with zero attached hydrogens (tertiary/aromatic N) is 1. The molecule has 0 atom stereocenters. The van der Waals surface area contributed by atoms with Crippen molar-refractivity contribution in [2.24, 2.45) is 0 Å². The van der Waals surface area contributed by atoms with Crippen molar-refractivity contribution in [3.05, 3.63) is 35.9 Å². The smallest absolute Gasteiger partial charge is 0.0852 e. The molecule has 1 aliphatic rings. The van der Waals surface area contributed by atoms with E-state index in [2.05, 4.69) is 23.5 Å². The molecule has 1 N–H and O–H groups in total. The van der Waals surface area contributed by atoms with Gasteiger partial charge in [0, 0.05) is 19.2 Å². The van der Waals surface area contributed by atoms with Crippen molar-refractivity contribution in [2.75, 3.05) is 19.8 Å². The molecule has 3 nitrogen and oxygen atoms in total. The SMILES string of the molecule is CCOCCNC1CC(C#N)(c2ccccc2)C1. The molecule has 1 aliphatic carbocycles. The van der Waals surface area contributed by atoms with Crippen molar-refractivity contribution in [1.82, 2.24) is 5.32 Å². The average molecular weight is 244 g/mol. The first kappa shape index (κ1) is 13.1. The maximum atomic E-state index is 9.41. The summed E-state index contributed by atoms with van der Waals surface area (Å²) in [6, 6.07) is 13.1. The summed E-state index contributed by atoms with van der Waals surface area (Å²) >= 11 is 0. The summed E-state index contributed by atoms with van der Waals surface area (Å²) in [6.45, 7) is 4.38. The normalized spacial score (nSPS) is 26.3. The third-order valence-corrected chi connectivity index (χ3v) is 3.61. The first-order valence-corrected chi connectivity index (χ1v) is 6.58. The van der Waals surface area contributed by atoms with Crippen LogP contribution in [0.25, 0.3) is 0 Å². The second kappa shape index (κ2) is 5.99. The molecule has 2 rings (SSSR count). The number of benzene rings is 1. The standard InChI is InChI=1S/C15H20N2O/c1-2-18-9-8-17-14-10-15(11-14,12-16)13-6-4-3-5-7-13/h3-7,14,17H,2,8-11H2,1H3. The highest BCUT2D eigenvalue weighted by Crippen LogP contribution is 2.43. The number of nitriles is 1. The molecule has 1 fully saturated rings. The molecule has 1 aromatic rings. The van der Waals surface area contributed by atoms with Gasteiger partial charge in [-0.15, -0.1) is 0 Å². The van der Waals surface area contributed by atoms with E-state index in [1.165, 1.54) is 0 Å². The Morgan fingerprint density at radius 1 is 1.39 bits per heavy atom. The molecule has 18 heavy (non-hydrogen) atoms. The quantitative estimate of drug-likeness (QED) is 0.781. The minimum atomic E-state index is -0.273. The van der Waals surface area contributed by atoms with Crippen LogP contribution in [0.15, 0.2) is 30.3 Å². The topological polar surface area (TPSA) is 45.0 Å². The van der Waals surface area contributed by atoms with Crippen LogP contribution in [0.2, 0.25) is 0 Å². The molecule has 0 bridgehead atoms. The molecular weight excluding hydrogens is 224 g/mol. The minimum absolute atomic E-state index is 0.273. The van der Waals surface area contributed by atoms with Gasteiger partial charge < -0.3 is 10.1 Å². The van der Waals surface area contributed by atoms with Crippen molar-refractivity contribution < 1.29 is 4.74 Å². The van der Waals surface area contributed by atoms with E-state index in [-0.39, 0.29) is 5.41 Å². The van der Waals surface area contributed by atoms with Gasteiger partial charge in [0.2, 0.25) is 0 Å². The van der Waals surface area contributed by atoms with Crippen LogP contribution in [0.3, 0.4) is 0 Å². The number of nitrogens with one attached hydrogen (secondary N) is 1. The molecule has 0 aliphatic heterocycles. The molecule has 0 radical (unpaired) electrons. The van der Waals surface area contributed by atoms with Crippen LogP contribution in [0, 0.1) is 11.3 Å². The summed E-state index contributed by atoms with van der Waals surface area (Å²) in [4.78, 5) is 0. The van der Waals surface area contributed by atoms with Gasteiger partial charge in [0.25, 0.3) is 0 Å². The summed E-state index contributed by atoms with van der Waals surface area (Å²) in [5, 5.41) is 12.9. The van der Waals surface area contributed by atoms with Crippen molar-refractivity contribution in [3.63, 3.8) is 0 Å². The van der Waals surface area contributed by atoms with E-state index in [1.54, 1.807) is 0 Å².